The van der Waals surface area contributed by atoms with Crippen LogP contribution in [0.15, 0.2) is 70.8 Å². The maximum Gasteiger partial charge on any atom is 0.274 e. The van der Waals surface area contributed by atoms with Gasteiger partial charge in [0.2, 0.25) is 0 Å². The summed E-state index contributed by atoms with van der Waals surface area (Å²) in [6.07, 6.45) is 1.56. The van der Waals surface area contributed by atoms with E-state index in [2.05, 4.69) is 10.3 Å². The Morgan fingerprint density at radius 1 is 1.12 bits per heavy atom. The maximum absolute atomic E-state index is 13.4. The van der Waals surface area contributed by atoms with E-state index in [9.17, 15) is 9.59 Å². The summed E-state index contributed by atoms with van der Waals surface area (Å²) < 4.78 is 11.0. The first kappa shape index (κ1) is 20.4. The van der Waals surface area contributed by atoms with E-state index in [1.165, 1.54) is 11.3 Å². The van der Waals surface area contributed by atoms with Gasteiger partial charge in [-0.2, -0.15) is 0 Å². The molecule has 5 rings (SSSR count). The maximum atomic E-state index is 13.4. The van der Waals surface area contributed by atoms with Crippen LogP contribution in [0.3, 0.4) is 0 Å². The number of furan rings is 1. The summed E-state index contributed by atoms with van der Waals surface area (Å²) in [5, 5.41) is 3.71. The fraction of sp³-hybridized carbons (Fsp3) is 0.208. The number of hydrogen-bond donors (Lipinski definition) is 1. The van der Waals surface area contributed by atoms with Crippen LogP contribution in [0, 0.1) is 0 Å². The van der Waals surface area contributed by atoms with Crippen molar-refractivity contribution in [2.75, 3.05) is 26.3 Å². The number of nitrogens with one attached hydrogen (secondary N) is 1. The van der Waals surface area contributed by atoms with E-state index in [0.717, 1.165) is 15.8 Å². The molecule has 0 spiro atoms. The van der Waals surface area contributed by atoms with Crippen molar-refractivity contribution < 1.29 is 18.7 Å². The van der Waals surface area contributed by atoms with E-state index in [-0.39, 0.29) is 24.4 Å². The quantitative estimate of drug-likeness (QED) is 0.503. The van der Waals surface area contributed by atoms with Crippen LogP contribution < -0.4 is 5.32 Å². The molecule has 2 aromatic carbocycles. The van der Waals surface area contributed by atoms with Crippen molar-refractivity contribution in [2.45, 2.75) is 6.04 Å². The first-order chi connectivity index (χ1) is 15.7. The van der Waals surface area contributed by atoms with Gasteiger partial charge >= 0.3 is 0 Å². The van der Waals surface area contributed by atoms with Crippen molar-refractivity contribution in [1.82, 2.24) is 15.2 Å². The molecule has 2 amide bonds. The minimum absolute atomic E-state index is 0.149. The van der Waals surface area contributed by atoms with Gasteiger partial charge in [-0.3, -0.25) is 9.59 Å². The molecule has 32 heavy (non-hydrogen) atoms. The van der Waals surface area contributed by atoms with E-state index >= 15 is 0 Å². The smallest absolute Gasteiger partial charge is 0.274 e. The lowest BCUT2D eigenvalue weighted by Gasteiger charge is -2.35. The zero-order valence-electron chi connectivity index (χ0n) is 17.2. The summed E-state index contributed by atoms with van der Waals surface area (Å²) in [6, 6.07) is 16.6. The number of benzene rings is 2. The molecule has 0 saturated carbocycles. The number of carbonyl (C=O) groups is 2. The van der Waals surface area contributed by atoms with Crippen LogP contribution in [-0.2, 0) is 4.74 Å². The lowest BCUT2D eigenvalue weighted by Crippen LogP contribution is -2.53. The van der Waals surface area contributed by atoms with Crippen molar-refractivity contribution in [3.8, 4) is 10.4 Å². The first-order valence-electron chi connectivity index (χ1n) is 10.3. The second kappa shape index (κ2) is 8.94. The van der Waals surface area contributed by atoms with Crippen LogP contribution in [0.25, 0.3) is 21.4 Å². The molecule has 162 valence electrons. The highest BCUT2D eigenvalue weighted by Crippen LogP contribution is 2.29. The summed E-state index contributed by atoms with van der Waals surface area (Å²) in [4.78, 5) is 33.2. The molecule has 1 saturated heterocycles. The standard InChI is InChI=1S/C24H21N3O4S/c28-23(19-7-4-8-20-18(19)9-11-31-20)25-13-17-14-30-12-10-27(17)24(29)21-22(32-15-26-21)16-5-2-1-3-6-16/h1-9,11,15,17H,10,12-14H2,(H,25,28). The fourth-order valence-electron chi connectivity index (χ4n) is 3.92. The number of carbonyl (C=O) groups excluding carboxylic acids is 2. The molecule has 4 aromatic rings. The van der Waals surface area contributed by atoms with Gasteiger partial charge in [0, 0.05) is 18.5 Å². The Morgan fingerprint density at radius 3 is 2.88 bits per heavy atom. The average Bonchev–Trinajstić information content (AvgIpc) is 3.52. The minimum atomic E-state index is -0.283. The van der Waals surface area contributed by atoms with Crippen molar-refractivity contribution in [3.63, 3.8) is 0 Å². The number of aromatic nitrogens is 1. The topological polar surface area (TPSA) is 84.7 Å². The molecule has 1 aliphatic rings. The lowest BCUT2D eigenvalue weighted by atomic mass is 10.1. The number of thiazole rings is 1. The number of morpholine rings is 1. The van der Waals surface area contributed by atoms with E-state index < -0.39 is 0 Å². The largest absolute Gasteiger partial charge is 0.464 e. The molecule has 0 aliphatic carbocycles. The summed E-state index contributed by atoms with van der Waals surface area (Å²) in [6.45, 7) is 1.54. The predicted octanol–water partition coefficient (Wildman–Crippen LogP) is 3.83. The predicted molar refractivity (Wildman–Crippen MR) is 122 cm³/mol. The van der Waals surface area contributed by atoms with Crippen LogP contribution in [-0.4, -0.2) is 54.0 Å². The number of hydrogen-bond acceptors (Lipinski definition) is 6. The Kier molecular flexibility index (Phi) is 5.70. The lowest BCUT2D eigenvalue weighted by molar-refractivity contribution is -0.00151. The summed E-state index contributed by atoms with van der Waals surface area (Å²) in [5.74, 6) is -0.363. The fourth-order valence-corrected chi connectivity index (χ4v) is 4.71. The molecule has 1 atom stereocenters. The zero-order valence-corrected chi connectivity index (χ0v) is 18.0. The molecule has 8 heteroatoms. The Balaban J connectivity index is 1.33. The Morgan fingerprint density at radius 2 is 2.00 bits per heavy atom. The van der Waals surface area contributed by atoms with Gasteiger partial charge in [0.05, 0.1) is 41.5 Å². The molecule has 1 N–H and O–H groups in total. The number of fused-ring (bicyclic) bond motifs is 1. The van der Waals surface area contributed by atoms with Gasteiger partial charge in [0.1, 0.15) is 11.3 Å². The van der Waals surface area contributed by atoms with Gasteiger partial charge in [-0.05, 0) is 23.8 Å². The van der Waals surface area contributed by atoms with Gasteiger partial charge in [0.15, 0.2) is 0 Å². The Bertz CT molecular complexity index is 1250. The van der Waals surface area contributed by atoms with Crippen molar-refractivity contribution >= 4 is 34.1 Å². The molecular formula is C24H21N3O4S. The van der Waals surface area contributed by atoms with Crippen LogP contribution in [0.5, 0.6) is 0 Å². The normalized spacial score (nSPS) is 16.2. The highest BCUT2D eigenvalue weighted by atomic mass is 32.1. The number of nitrogens with zero attached hydrogens (tertiary/aromatic N) is 2. The molecule has 7 nitrogen and oxygen atoms in total. The monoisotopic (exact) mass is 447 g/mol. The van der Waals surface area contributed by atoms with Crippen LogP contribution in [0.1, 0.15) is 20.8 Å². The third kappa shape index (κ3) is 3.90. The van der Waals surface area contributed by atoms with E-state index in [1.807, 2.05) is 36.4 Å². The van der Waals surface area contributed by atoms with Crippen LogP contribution >= 0.6 is 11.3 Å². The second-order valence-electron chi connectivity index (χ2n) is 7.47. The van der Waals surface area contributed by atoms with E-state index in [1.54, 1.807) is 34.9 Å². The van der Waals surface area contributed by atoms with E-state index in [4.69, 9.17) is 9.15 Å². The summed E-state index contributed by atoms with van der Waals surface area (Å²) >= 11 is 1.45. The van der Waals surface area contributed by atoms with Crippen molar-refractivity contribution in [1.29, 1.82) is 0 Å². The van der Waals surface area contributed by atoms with Gasteiger partial charge in [-0.25, -0.2) is 4.98 Å². The number of amides is 2. The minimum Gasteiger partial charge on any atom is -0.464 e. The highest BCUT2D eigenvalue weighted by molar-refractivity contribution is 7.13. The third-order valence-electron chi connectivity index (χ3n) is 5.53. The van der Waals surface area contributed by atoms with Gasteiger partial charge < -0.3 is 19.4 Å². The molecule has 1 unspecified atom stereocenters. The summed E-state index contributed by atoms with van der Waals surface area (Å²) in [5.41, 5.74) is 4.29. The van der Waals surface area contributed by atoms with Crippen LogP contribution in [0.2, 0.25) is 0 Å². The number of rotatable bonds is 5. The molecular weight excluding hydrogens is 426 g/mol. The van der Waals surface area contributed by atoms with Crippen molar-refractivity contribution in [2.24, 2.45) is 0 Å². The first-order valence-corrected chi connectivity index (χ1v) is 11.2. The molecule has 1 aliphatic heterocycles. The molecule has 0 radical (unpaired) electrons. The Hall–Kier alpha value is -3.49. The number of ether oxygens (including phenoxy) is 1. The molecule has 3 heterocycles. The zero-order chi connectivity index (χ0) is 21.9. The highest BCUT2D eigenvalue weighted by Gasteiger charge is 2.31. The summed E-state index contributed by atoms with van der Waals surface area (Å²) in [7, 11) is 0. The Labute approximate surface area is 188 Å². The van der Waals surface area contributed by atoms with Gasteiger partial charge in [0.25, 0.3) is 11.8 Å². The third-order valence-corrected chi connectivity index (χ3v) is 6.41. The molecule has 1 fully saturated rings. The van der Waals surface area contributed by atoms with Gasteiger partial charge in [-0.1, -0.05) is 36.4 Å². The SMILES string of the molecule is O=C(NCC1COCCN1C(=O)c1ncsc1-c1ccccc1)c1cccc2occc12. The second-order valence-corrected chi connectivity index (χ2v) is 8.33. The van der Waals surface area contributed by atoms with Crippen molar-refractivity contribution in [3.05, 3.63) is 77.6 Å². The van der Waals surface area contributed by atoms with Crippen LogP contribution in [0.4, 0.5) is 0 Å². The average molecular weight is 448 g/mol. The van der Waals surface area contributed by atoms with E-state index in [0.29, 0.717) is 36.6 Å². The molecule has 0 bridgehead atoms. The molecule has 2 aromatic heterocycles. The van der Waals surface area contributed by atoms with Gasteiger partial charge in [-0.15, -0.1) is 11.3 Å².